The quantitative estimate of drug-likeness (QED) is 0.117. The molecule has 1 aromatic carbocycles. The first-order valence-corrected chi connectivity index (χ1v) is 17.2. The number of benzene rings is 1. The Kier molecular flexibility index (Phi) is 8.45. The summed E-state index contributed by atoms with van der Waals surface area (Å²) in [6, 6.07) is 2.90. The molecule has 0 radical (unpaired) electrons. The molecule has 7 heterocycles. The monoisotopic (exact) mass is 719 g/mol. The summed E-state index contributed by atoms with van der Waals surface area (Å²) >= 11 is 0. The van der Waals surface area contributed by atoms with Crippen molar-refractivity contribution in [2.45, 2.75) is 83.5 Å². The smallest absolute Gasteiger partial charge is 0.418 e. The van der Waals surface area contributed by atoms with Crippen LogP contribution in [0, 0.1) is 24.6 Å². The Balaban J connectivity index is 1.18. The van der Waals surface area contributed by atoms with Gasteiger partial charge in [0.05, 0.1) is 47.4 Å². The number of aryl methyl sites for hydroxylation is 2. The van der Waals surface area contributed by atoms with Gasteiger partial charge in [-0.05, 0) is 51.3 Å². The van der Waals surface area contributed by atoms with E-state index in [1.807, 2.05) is 10.7 Å². The minimum Gasteiger partial charge on any atom is -0.461 e. The van der Waals surface area contributed by atoms with Crippen molar-refractivity contribution in [2.24, 2.45) is 0 Å². The molecule has 272 valence electrons. The molecule has 4 aromatic rings. The number of hydrogen-bond donors (Lipinski definition) is 1. The van der Waals surface area contributed by atoms with Crippen LogP contribution in [-0.4, -0.2) is 66.6 Å². The lowest BCUT2D eigenvalue weighted by atomic mass is 9.91. The molecule has 0 amide bonds. The number of nitrogen functional groups attached to an aromatic ring is 1. The average molecular weight is 720 g/mol. The Morgan fingerprint density at radius 1 is 1.13 bits per heavy atom. The zero-order valence-electron chi connectivity index (χ0n) is 28.8. The van der Waals surface area contributed by atoms with Gasteiger partial charge in [0.2, 0.25) is 5.89 Å². The van der Waals surface area contributed by atoms with E-state index in [0.29, 0.717) is 67.2 Å². The van der Waals surface area contributed by atoms with Crippen molar-refractivity contribution in [2.75, 3.05) is 36.9 Å². The van der Waals surface area contributed by atoms with E-state index in [1.54, 1.807) is 6.92 Å². The minimum absolute atomic E-state index is 0.0922. The highest BCUT2D eigenvalue weighted by Gasteiger charge is 2.47. The summed E-state index contributed by atoms with van der Waals surface area (Å²) in [6.45, 7) is 10.8. The second kappa shape index (κ2) is 12.9. The fourth-order valence-corrected chi connectivity index (χ4v) is 8.08. The second-order valence-corrected chi connectivity index (χ2v) is 13.9. The summed E-state index contributed by atoms with van der Waals surface area (Å²) in [5, 5.41) is 12.7. The lowest BCUT2D eigenvalue weighted by Crippen LogP contribution is -2.43. The van der Waals surface area contributed by atoms with Gasteiger partial charge in [-0.25, -0.2) is 4.39 Å². The zero-order chi connectivity index (χ0) is 36.4. The van der Waals surface area contributed by atoms with Crippen LogP contribution in [0.4, 0.5) is 29.1 Å². The van der Waals surface area contributed by atoms with Crippen molar-refractivity contribution >= 4 is 11.5 Å². The number of rotatable bonds is 6. The number of halogens is 4. The highest BCUT2D eigenvalue weighted by molar-refractivity contribution is 5.59. The third-order valence-electron chi connectivity index (χ3n) is 10.3. The SMILES string of the molecule is C=C1CN2CCC[C@@]2(COc2nc3c(c(N4CCCn5nc(-c6nnc(C)o6)cc5C4)n2)CO[C@@H](c2c(F)c(N)cc(C#CC)c2C(F)(F)F)C3)C1. The summed E-state index contributed by atoms with van der Waals surface area (Å²) in [7, 11) is 0. The minimum atomic E-state index is -4.93. The van der Waals surface area contributed by atoms with Crippen LogP contribution in [-0.2, 0) is 37.0 Å². The summed E-state index contributed by atoms with van der Waals surface area (Å²) in [4.78, 5) is 14.1. The summed E-state index contributed by atoms with van der Waals surface area (Å²) in [5.41, 5.74) is 6.49. The number of hydrogen-bond acceptors (Lipinski definition) is 11. The molecule has 8 rings (SSSR count). The zero-order valence-corrected chi connectivity index (χ0v) is 28.8. The predicted molar refractivity (Wildman–Crippen MR) is 180 cm³/mol. The molecule has 4 aliphatic rings. The molecule has 2 N–H and O–H groups in total. The molecule has 0 bridgehead atoms. The van der Waals surface area contributed by atoms with Crippen molar-refractivity contribution in [1.82, 2.24) is 34.8 Å². The van der Waals surface area contributed by atoms with Gasteiger partial charge in [-0.1, -0.05) is 18.1 Å². The van der Waals surface area contributed by atoms with Crippen LogP contribution >= 0.6 is 0 Å². The maximum Gasteiger partial charge on any atom is 0.418 e. The maximum absolute atomic E-state index is 15.7. The molecule has 0 unspecified atom stereocenters. The molecule has 0 aliphatic carbocycles. The largest absolute Gasteiger partial charge is 0.461 e. The predicted octanol–water partition coefficient (Wildman–Crippen LogP) is 5.54. The van der Waals surface area contributed by atoms with Crippen molar-refractivity contribution in [3.63, 3.8) is 0 Å². The van der Waals surface area contributed by atoms with E-state index in [4.69, 9.17) is 34.7 Å². The van der Waals surface area contributed by atoms with E-state index in [-0.39, 0.29) is 24.6 Å². The lowest BCUT2D eigenvalue weighted by Gasteiger charge is -2.33. The Morgan fingerprint density at radius 2 is 1.98 bits per heavy atom. The van der Waals surface area contributed by atoms with E-state index in [0.717, 1.165) is 49.7 Å². The first-order chi connectivity index (χ1) is 24.9. The molecule has 2 fully saturated rings. The molecule has 0 spiro atoms. The molecule has 3 aromatic heterocycles. The summed E-state index contributed by atoms with van der Waals surface area (Å²) in [5.74, 6) is 5.01. The number of anilines is 2. The Bertz CT molecular complexity index is 2130. The third-order valence-corrected chi connectivity index (χ3v) is 10.3. The lowest BCUT2D eigenvalue weighted by molar-refractivity contribution is -0.140. The Labute approximate surface area is 297 Å². The molecule has 2 atom stereocenters. The molecular weight excluding hydrogens is 682 g/mol. The van der Waals surface area contributed by atoms with Gasteiger partial charge in [-0.15, -0.1) is 16.1 Å². The van der Waals surface area contributed by atoms with Crippen LogP contribution in [0.25, 0.3) is 11.6 Å². The summed E-state index contributed by atoms with van der Waals surface area (Å²) < 4.78 is 79.5. The molecule has 52 heavy (non-hydrogen) atoms. The number of aromatic nitrogens is 6. The number of nitrogens with zero attached hydrogens (tertiary/aromatic N) is 8. The van der Waals surface area contributed by atoms with Gasteiger partial charge in [-0.3, -0.25) is 9.58 Å². The average Bonchev–Trinajstić information content (AvgIpc) is 3.85. The molecule has 4 aliphatic heterocycles. The Hall–Kier alpha value is -5.01. The highest BCUT2D eigenvalue weighted by Crippen LogP contribution is 2.45. The van der Waals surface area contributed by atoms with Gasteiger partial charge in [0.25, 0.3) is 5.89 Å². The van der Waals surface area contributed by atoms with Gasteiger partial charge in [0.15, 0.2) is 5.82 Å². The van der Waals surface area contributed by atoms with Gasteiger partial charge in [0.1, 0.15) is 18.1 Å². The topological polar surface area (TPSA) is 133 Å². The fourth-order valence-electron chi connectivity index (χ4n) is 8.08. The van der Waals surface area contributed by atoms with E-state index in [2.05, 4.69) is 38.4 Å². The molecule has 12 nitrogen and oxygen atoms in total. The van der Waals surface area contributed by atoms with Crippen LogP contribution in [0.15, 0.2) is 28.7 Å². The number of ether oxygens (including phenoxy) is 2. The standard InChI is InChI=1S/C36H37F4N9O3/c1-4-7-22-12-25(41)31(37)29(30(22)36(38,39)40)28-14-26-24(18-50-28)32(43-34(42-26)51-19-35-8-5-10-48(35)16-20(2)15-35)47-9-6-11-49-23(17-47)13-27(46-49)33-45-44-21(3)52-33/h12-13,28H,2,5-6,8-11,14-19,41H2,1,3H3/t28-,35+/m1/s1. The number of nitrogens with two attached hydrogens (primary N) is 1. The third kappa shape index (κ3) is 6.05. The first kappa shape index (κ1) is 34.1. The van der Waals surface area contributed by atoms with Crippen LogP contribution in [0.1, 0.15) is 78.2 Å². The van der Waals surface area contributed by atoms with Crippen LogP contribution in [0.5, 0.6) is 6.01 Å². The van der Waals surface area contributed by atoms with E-state index in [1.165, 1.54) is 6.92 Å². The van der Waals surface area contributed by atoms with Crippen molar-refractivity contribution in [3.05, 3.63) is 69.6 Å². The number of fused-ring (bicyclic) bond motifs is 3. The van der Waals surface area contributed by atoms with Crippen LogP contribution < -0.4 is 15.4 Å². The van der Waals surface area contributed by atoms with E-state index in [9.17, 15) is 13.2 Å². The maximum atomic E-state index is 15.7. The highest BCUT2D eigenvalue weighted by atomic mass is 19.4. The van der Waals surface area contributed by atoms with Crippen molar-refractivity contribution < 1.29 is 31.5 Å². The van der Waals surface area contributed by atoms with Gasteiger partial charge < -0.3 is 24.5 Å². The molecule has 0 saturated carbocycles. The van der Waals surface area contributed by atoms with E-state index < -0.39 is 40.5 Å². The fraction of sp³-hybridized carbons (Fsp3) is 0.472. The Morgan fingerprint density at radius 3 is 2.75 bits per heavy atom. The first-order valence-electron chi connectivity index (χ1n) is 17.2. The molecule has 2 saturated heterocycles. The molecule has 16 heteroatoms. The summed E-state index contributed by atoms with van der Waals surface area (Å²) in [6.07, 6.45) is -2.97. The number of alkyl halides is 3. The van der Waals surface area contributed by atoms with Gasteiger partial charge >= 0.3 is 12.2 Å². The molecular formula is C36H37F4N9O3. The van der Waals surface area contributed by atoms with Crippen molar-refractivity contribution in [3.8, 4) is 29.4 Å². The van der Waals surface area contributed by atoms with Crippen LogP contribution in [0.3, 0.4) is 0 Å². The van der Waals surface area contributed by atoms with Gasteiger partial charge in [0, 0.05) is 49.7 Å². The normalized spacial score (nSPS) is 21.7. The van der Waals surface area contributed by atoms with Crippen molar-refractivity contribution in [1.29, 1.82) is 0 Å². The second-order valence-electron chi connectivity index (χ2n) is 13.9. The van der Waals surface area contributed by atoms with E-state index >= 15 is 4.39 Å². The van der Waals surface area contributed by atoms with Gasteiger partial charge in [-0.2, -0.15) is 28.2 Å². The van der Waals surface area contributed by atoms with Crippen LogP contribution in [0.2, 0.25) is 0 Å².